The number of rotatable bonds is 8. The van der Waals surface area contributed by atoms with E-state index in [2.05, 4.69) is 40.1 Å². The number of likely N-dealkylation sites (tertiary alicyclic amines) is 2. The molecule has 0 radical (unpaired) electrons. The van der Waals surface area contributed by atoms with Gasteiger partial charge >= 0.3 is 0 Å². The Morgan fingerprint density at radius 2 is 1.11 bits per heavy atom. The Bertz CT molecular complexity index is 1060. The van der Waals surface area contributed by atoms with E-state index in [0.29, 0.717) is 0 Å². The zero-order valence-corrected chi connectivity index (χ0v) is 20.5. The fraction of sp³-hybridized carbons (Fsp3) is 0.387. The number of para-hydroxylation sites is 1. The summed E-state index contributed by atoms with van der Waals surface area (Å²) < 4.78 is 5.97. The standard InChI is InChI=1S/C31H36N2O2/c34-31(26-17-19-28(20-18-26)35-27-15-7-2-8-16-27)30(33-23-11-4-12-24-33)29(25-13-5-1-6-14-25)32-21-9-3-10-22-32/h1-2,5-8,13-20,29-30H,3-4,9-12,21-24H2/t29-,30+/m1/s1. The number of hydrogen-bond donors (Lipinski definition) is 0. The Labute approximate surface area is 209 Å². The lowest BCUT2D eigenvalue weighted by molar-refractivity contribution is 0.0425. The Morgan fingerprint density at radius 3 is 1.71 bits per heavy atom. The summed E-state index contributed by atoms with van der Waals surface area (Å²) in [4.78, 5) is 19.3. The van der Waals surface area contributed by atoms with Crippen LogP contribution in [0, 0.1) is 0 Å². The average molecular weight is 469 g/mol. The smallest absolute Gasteiger partial charge is 0.181 e. The predicted octanol–water partition coefficient (Wildman–Crippen LogP) is 6.74. The van der Waals surface area contributed by atoms with Crippen molar-refractivity contribution in [2.75, 3.05) is 26.2 Å². The molecule has 2 aliphatic rings. The quantitative estimate of drug-likeness (QED) is 0.343. The maximum absolute atomic E-state index is 14.3. The predicted molar refractivity (Wildman–Crippen MR) is 141 cm³/mol. The summed E-state index contributed by atoms with van der Waals surface area (Å²) in [7, 11) is 0. The molecular formula is C31H36N2O2. The van der Waals surface area contributed by atoms with Crippen LogP contribution in [-0.4, -0.2) is 47.8 Å². The first-order valence-corrected chi connectivity index (χ1v) is 13.2. The van der Waals surface area contributed by atoms with Crippen LogP contribution in [0.2, 0.25) is 0 Å². The summed E-state index contributed by atoms with van der Waals surface area (Å²) in [6.07, 6.45) is 7.27. The summed E-state index contributed by atoms with van der Waals surface area (Å²) >= 11 is 0. The minimum Gasteiger partial charge on any atom is -0.457 e. The van der Waals surface area contributed by atoms with Crippen LogP contribution in [0.1, 0.15) is 60.5 Å². The van der Waals surface area contributed by atoms with Gasteiger partial charge in [-0.25, -0.2) is 0 Å². The molecule has 2 aliphatic heterocycles. The molecule has 5 rings (SSSR count). The van der Waals surface area contributed by atoms with E-state index in [0.717, 1.165) is 56.1 Å². The fourth-order valence-electron chi connectivity index (χ4n) is 5.63. The van der Waals surface area contributed by atoms with E-state index >= 15 is 0 Å². The van der Waals surface area contributed by atoms with Crippen LogP contribution in [-0.2, 0) is 0 Å². The minimum atomic E-state index is -0.184. The second-order valence-corrected chi connectivity index (χ2v) is 9.80. The van der Waals surface area contributed by atoms with Crippen molar-refractivity contribution in [3.05, 3.63) is 96.1 Å². The minimum absolute atomic E-state index is 0.0716. The van der Waals surface area contributed by atoms with E-state index < -0.39 is 0 Å². The number of carbonyl (C=O) groups is 1. The van der Waals surface area contributed by atoms with Crippen molar-refractivity contribution >= 4 is 5.78 Å². The summed E-state index contributed by atoms with van der Waals surface area (Å²) in [5.74, 6) is 1.77. The molecule has 4 nitrogen and oxygen atoms in total. The van der Waals surface area contributed by atoms with E-state index in [1.165, 1.54) is 31.2 Å². The largest absolute Gasteiger partial charge is 0.457 e. The molecule has 35 heavy (non-hydrogen) atoms. The van der Waals surface area contributed by atoms with Gasteiger partial charge in [0.25, 0.3) is 0 Å². The summed E-state index contributed by atoms with van der Waals surface area (Å²) in [5, 5.41) is 0. The van der Waals surface area contributed by atoms with Crippen LogP contribution >= 0.6 is 0 Å². The van der Waals surface area contributed by atoms with Crippen LogP contribution in [0.4, 0.5) is 0 Å². The zero-order chi connectivity index (χ0) is 23.9. The number of hydrogen-bond acceptors (Lipinski definition) is 4. The highest BCUT2D eigenvalue weighted by Gasteiger charge is 2.39. The number of benzene rings is 3. The van der Waals surface area contributed by atoms with Gasteiger partial charge in [0, 0.05) is 5.56 Å². The highest BCUT2D eigenvalue weighted by atomic mass is 16.5. The highest BCUT2D eigenvalue weighted by Crippen LogP contribution is 2.34. The number of ketones is 1. The van der Waals surface area contributed by atoms with Gasteiger partial charge in [-0.2, -0.15) is 0 Å². The molecule has 0 aliphatic carbocycles. The molecule has 2 atom stereocenters. The van der Waals surface area contributed by atoms with E-state index in [1.54, 1.807) is 0 Å². The van der Waals surface area contributed by atoms with Gasteiger partial charge in [0.1, 0.15) is 11.5 Å². The topological polar surface area (TPSA) is 32.8 Å². The first-order valence-electron chi connectivity index (χ1n) is 13.2. The van der Waals surface area contributed by atoms with Gasteiger partial charge in [-0.3, -0.25) is 14.6 Å². The Kier molecular flexibility index (Phi) is 7.92. The summed E-state index contributed by atoms with van der Waals surface area (Å²) in [5.41, 5.74) is 2.02. The molecule has 0 saturated carbocycles. The van der Waals surface area contributed by atoms with Crippen LogP contribution in [0.5, 0.6) is 11.5 Å². The molecule has 4 heteroatoms. The van der Waals surface area contributed by atoms with Crippen molar-refractivity contribution in [2.45, 2.75) is 50.6 Å². The van der Waals surface area contributed by atoms with Crippen LogP contribution in [0.25, 0.3) is 0 Å². The first-order chi connectivity index (χ1) is 17.3. The van der Waals surface area contributed by atoms with Gasteiger partial charge in [0.2, 0.25) is 0 Å². The van der Waals surface area contributed by atoms with Crippen LogP contribution < -0.4 is 4.74 Å². The van der Waals surface area contributed by atoms with Gasteiger partial charge in [0.15, 0.2) is 5.78 Å². The molecule has 0 amide bonds. The van der Waals surface area contributed by atoms with Gasteiger partial charge in [0.05, 0.1) is 12.1 Å². The molecule has 3 aromatic carbocycles. The zero-order valence-electron chi connectivity index (χ0n) is 20.5. The van der Waals surface area contributed by atoms with E-state index in [9.17, 15) is 4.79 Å². The average Bonchev–Trinajstić information content (AvgIpc) is 2.94. The summed E-state index contributed by atoms with van der Waals surface area (Å²) in [6, 6.07) is 28.1. The molecule has 0 N–H and O–H groups in total. The highest BCUT2D eigenvalue weighted by molar-refractivity contribution is 6.00. The number of nitrogens with zero attached hydrogens (tertiary/aromatic N) is 2. The maximum Gasteiger partial charge on any atom is 0.181 e. The van der Waals surface area contributed by atoms with Crippen molar-refractivity contribution in [3.8, 4) is 11.5 Å². The van der Waals surface area contributed by atoms with Crippen LogP contribution in [0.15, 0.2) is 84.9 Å². The molecule has 0 bridgehead atoms. The number of piperidine rings is 2. The van der Waals surface area contributed by atoms with Crippen molar-refractivity contribution in [1.29, 1.82) is 0 Å². The Balaban J connectivity index is 1.46. The Morgan fingerprint density at radius 1 is 0.600 bits per heavy atom. The van der Waals surface area contributed by atoms with E-state index in [4.69, 9.17) is 4.74 Å². The van der Waals surface area contributed by atoms with Crippen molar-refractivity contribution in [2.24, 2.45) is 0 Å². The molecule has 0 unspecified atom stereocenters. The molecular weight excluding hydrogens is 432 g/mol. The van der Waals surface area contributed by atoms with Gasteiger partial charge in [-0.1, -0.05) is 61.4 Å². The summed E-state index contributed by atoms with van der Waals surface area (Å²) in [6.45, 7) is 4.09. The maximum atomic E-state index is 14.3. The third kappa shape index (κ3) is 5.83. The number of ether oxygens (including phenoxy) is 1. The number of carbonyl (C=O) groups excluding carboxylic acids is 1. The lowest BCUT2D eigenvalue weighted by Crippen LogP contribution is -2.53. The van der Waals surface area contributed by atoms with Crippen molar-refractivity contribution < 1.29 is 9.53 Å². The molecule has 3 aromatic rings. The Hall–Kier alpha value is -2.95. The van der Waals surface area contributed by atoms with Gasteiger partial charge in [-0.05, 0) is 93.8 Å². The van der Waals surface area contributed by atoms with Gasteiger partial charge in [-0.15, -0.1) is 0 Å². The fourth-order valence-corrected chi connectivity index (χ4v) is 5.63. The third-order valence-electron chi connectivity index (χ3n) is 7.39. The van der Waals surface area contributed by atoms with E-state index in [-0.39, 0.29) is 17.9 Å². The number of Topliss-reactive ketones (excluding diaryl/α,β-unsaturated/α-hetero) is 1. The van der Waals surface area contributed by atoms with Gasteiger partial charge < -0.3 is 4.74 Å². The monoisotopic (exact) mass is 468 g/mol. The third-order valence-corrected chi connectivity index (χ3v) is 7.39. The first kappa shape index (κ1) is 23.8. The second kappa shape index (κ2) is 11.7. The molecule has 2 fully saturated rings. The lowest BCUT2D eigenvalue weighted by atomic mass is 9.88. The second-order valence-electron chi connectivity index (χ2n) is 9.80. The van der Waals surface area contributed by atoms with Crippen molar-refractivity contribution in [3.63, 3.8) is 0 Å². The molecule has 0 spiro atoms. The molecule has 2 heterocycles. The van der Waals surface area contributed by atoms with Crippen molar-refractivity contribution in [1.82, 2.24) is 9.80 Å². The molecule has 182 valence electrons. The SMILES string of the molecule is O=C(c1ccc(Oc2ccccc2)cc1)[C@H]([C@@H](c1ccccc1)N1CCCCC1)N1CCCCC1. The lowest BCUT2D eigenvalue weighted by Gasteiger charge is -2.44. The normalized spacial score (nSPS) is 19.1. The molecule has 0 aromatic heterocycles. The molecule has 2 saturated heterocycles. The van der Waals surface area contributed by atoms with Crippen LogP contribution in [0.3, 0.4) is 0 Å². The van der Waals surface area contributed by atoms with E-state index in [1.807, 2.05) is 54.6 Å².